The molecule has 0 saturated carbocycles. The van der Waals surface area contributed by atoms with E-state index in [0.717, 1.165) is 0 Å². The lowest BCUT2D eigenvalue weighted by atomic mass is 10.3. The summed E-state index contributed by atoms with van der Waals surface area (Å²) in [6.45, 7) is 3.54. The van der Waals surface area contributed by atoms with Crippen LogP contribution >= 0.6 is 23.2 Å². The van der Waals surface area contributed by atoms with Gasteiger partial charge in [0.15, 0.2) is 6.61 Å². The summed E-state index contributed by atoms with van der Waals surface area (Å²) in [7, 11) is -3.81. The zero-order chi connectivity index (χ0) is 19.3. The maximum absolute atomic E-state index is 12.4. The van der Waals surface area contributed by atoms with Gasteiger partial charge in [0, 0.05) is 16.1 Å². The fourth-order valence-corrected chi connectivity index (χ4v) is 3.62. The Balaban J connectivity index is 2.05. The van der Waals surface area contributed by atoms with Gasteiger partial charge in [0.1, 0.15) is 5.75 Å². The van der Waals surface area contributed by atoms with E-state index in [4.69, 9.17) is 27.9 Å². The molecule has 140 valence electrons. The van der Waals surface area contributed by atoms with E-state index in [1.165, 1.54) is 42.5 Å². The van der Waals surface area contributed by atoms with Crippen LogP contribution in [0, 0.1) is 0 Å². The molecule has 0 atom stereocenters. The molecule has 1 amide bonds. The van der Waals surface area contributed by atoms with E-state index in [1.54, 1.807) is 0 Å². The molecular formula is C17H18Cl2N2O4S. The molecule has 0 radical (unpaired) electrons. The smallest absolute Gasteiger partial charge is 0.261 e. The molecule has 0 unspecified atom stereocenters. The van der Waals surface area contributed by atoms with Crippen molar-refractivity contribution in [2.75, 3.05) is 11.3 Å². The zero-order valence-electron chi connectivity index (χ0n) is 14.1. The van der Waals surface area contributed by atoms with Crippen molar-refractivity contribution < 1.29 is 17.9 Å². The average molecular weight is 417 g/mol. The van der Waals surface area contributed by atoms with Crippen molar-refractivity contribution >= 4 is 44.8 Å². The predicted molar refractivity (Wildman–Crippen MR) is 102 cm³/mol. The number of carbonyl (C=O) groups excluding carboxylic acids is 1. The third kappa shape index (κ3) is 6.09. The van der Waals surface area contributed by atoms with Gasteiger partial charge < -0.3 is 10.1 Å². The van der Waals surface area contributed by atoms with Crippen molar-refractivity contribution in [3.8, 4) is 5.75 Å². The highest BCUT2D eigenvalue weighted by atomic mass is 35.5. The van der Waals surface area contributed by atoms with Gasteiger partial charge in [0.2, 0.25) is 0 Å². The van der Waals surface area contributed by atoms with Crippen molar-refractivity contribution in [2.24, 2.45) is 0 Å². The topological polar surface area (TPSA) is 84.5 Å². The number of rotatable bonds is 7. The summed E-state index contributed by atoms with van der Waals surface area (Å²) >= 11 is 11.7. The number of sulfonamides is 1. The Morgan fingerprint density at radius 1 is 1.08 bits per heavy atom. The first-order valence-electron chi connectivity index (χ1n) is 7.67. The Labute approximate surface area is 162 Å². The molecule has 26 heavy (non-hydrogen) atoms. The fourth-order valence-electron chi connectivity index (χ4n) is 2.05. The Hall–Kier alpha value is -1.96. The first-order chi connectivity index (χ1) is 12.2. The minimum atomic E-state index is -3.81. The number of hydrogen-bond donors (Lipinski definition) is 2. The molecule has 0 aliphatic carbocycles. The van der Waals surface area contributed by atoms with Crippen molar-refractivity contribution in [2.45, 2.75) is 24.8 Å². The lowest BCUT2D eigenvalue weighted by Gasteiger charge is -2.11. The normalized spacial score (nSPS) is 11.3. The standard InChI is InChI=1S/C17H18Cl2N2O4S/c1-11(2)20-17(22)10-25-15-3-5-16(6-4-15)26(23,24)21-14-8-12(18)7-13(19)9-14/h3-9,11,21H,10H2,1-2H3,(H,20,22). The summed E-state index contributed by atoms with van der Waals surface area (Å²) in [6.07, 6.45) is 0. The Morgan fingerprint density at radius 3 is 2.19 bits per heavy atom. The molecule has 2 rings (SSSR count). The predicted octanol–water partition coefficient (Wildman–Crippen LogP) is 3.70. The molecule has 9 heteroatoms. The Morgan fingerprint density at radius 2 is 1.65 bits per heavy atom. The SMILES string of the molecule is CC(C)NC(=O)COc1ccc(S(=O)(=O)Nc2cc(Cl)cc(Cl)c2)cc1. The number of nitrogens with one attached hydrogen (secondary N) is 2. The van der Waals surface area contributed by atoms with Crippen LogP contribution in [0.2, 0.25) is 10.0 Å². The summed E-state index contributed by atoms with van der Waals surface area (Å²) in [5, 5.41) is 3.33. The summed E-state index contributed by atoms with van der Waals surface area (Å²) in [5.41, 5.74) is 0.258. The van der Waals surface area contributed by atoms with Gasteiger partial charge in [0.25, 0.3) is 15.9 Å². The van der Waals surface area contributed by atoms with Crippen LogP contribution in [-0.4, -0.2) is 27.0 Å². The van der Waals surface area contributed by atoms with Gasteiger partial charge in [0.05, 0.1) is 10.6 Å². The van der Waals surface area contributed by atoms with Crippen LogP contribution in [0.3, 0.4) is 0 Å². The molecule has 6 nitrogen and oxygen atoms in total. The number of anilines is 1. The first kappa shape index (κ1) is 20.4. The number of benzene rings is 2. The summed E-state index contributed by atoms with van der Waals surface area (Å²) in [4.78, 5) is 11.6. The van der Waals surface area contributed by atoms with E-state index in [-0.39, 0.29) is 29.1 Å². The van der Waals surface area contributed by atoms with E-state index in [1.807, 2.05) is 13.8 Å². The molecular weight excluding hydrogens is 399 g/mol. The molecule has 0 saturated heterocycles. The average Bonchev–Trinajstić information content (AvgIpc) is 2.51. The minimum absolute atomic E-state index is 0.0182. The summed E-state index contributed by atoms with van der Waals surface area (Å²) in [6, 6.07) is 10.1. The Kier molecular flexibility index (Phi) is 6.75. The molecule has 0 spiro atoms. The molecule has 2 N–H and O–H groups in total. The molecule has 0 aliphatic heterocycles. The van der Waals surface area contributed by atoms with Crippen LogP contribution in [0.1, 0.15) is 13.8 Å². The van der Waals surface area contributed by atoms with E-state index in [9.17, 15) is 13.2 Å². The second kappa shape index (κ2) is 8.62. The largest absolute Gasteiger partial charge is 0.484 e. The van der Waals surface area contributed by atoms with Crippen LogP contribution in [0.15, 0.2) is 47.4 Å². The lowest BCUT2D eigenvalue weighted by Crippen LogP contribution is -2.34. The maximum Gasteiger partial charge on any atom is 0.261 e. The number of halogens is 2. The van der Waals surface area contributed by atoms with Crippen LogP contribution in [0.25, 0.3) is 0 Å². The van der Waals surface area contributed by atoms with Gasteiger partial charge in [-0.3, -0.25) is 9.52 Å². The molecule has 0 bridgehead atoms. The highest BCUT2D eigenvalue weighted by molar-refractivity contribution is 7.92. The van der Waals surface area contributed by atoms with Gasteiger partial charge in [-0.25, -0.2) is 8.42 Å². The van der Waals surface area contributed by atoms with Gasteiger partial charge >= 0.3 is 0 Å². The minimum Gasteiger partial charge on any atom is -0.484 e. The van der Waals surface area contributed by atoms with E-state index >= 15 is 0 Å². The third-order valence-corrected chi connectivity index (χ3v) is 4.90. The van der Waals surface area contributed by atoms with Crippen molar-refractivity contribution in [3.63, 3.8) is 0 Å². The van der Waals surface area contributed by atoms with E-state index < -0.39 is 10.0 Å². The van der Waals surface area contributed by atoms with Gasteiger partial charge in [-0.05, 0) is 56.3 Å². The monoisotopic (exact) mass is 416 g/mol. The van der Waals surface area contributed by atoms with Gasteiger partial charge in [-0.2, -0.15) is 0 Å². The second-order valence-corrected chi connectivity index (χ2v) is 8.30. The first-order valence-corrected chi connectivity index (χ1v) is 9.91. The molecule has 0 aromatic heterocycles. The number of carbonyl (C=O) groups is 1. The highest BCUT2D eigenvalue weighted by Crippen LogP contribution is 2.25. The summed E-state index contributed by atoms with van der Waals surface area (Å²) in [5.74, 6) is 0.129. The van der Waals surface area contributed by atoms with Crippen LogP contribution in [-0.2, 0) is 14.8 Å². The quantitative estimate of drug-likeness (QED) is 0.720. The van der Waals surface area contributed by atoms with Crippen LogP contribution in [0.5, 0.6) is 5.75 Å². The molecule has 0 heterocycles. The van der Waals surface area contributed by atoms with Crippen LogP contribution in [0.4, 0.5) is 5.69 Å². The maximum atomic E-state index is 12.4. The van der Waals surface area contributed by atoms with Crippen molar-refractivity contribution in [1.82, 2.24) is 5.32 Å². The van der Waals surface area contributed by atoms with Crippen molar-refractivity contribution in [3.05, 3.63) is 52.5 Å². The van der Waals surface area contributed by atoms with Gasteiger partial charge in [-0.1, -0.05) is 23.2 Å². The third-order valence-electron chi connectivity index (χ3n) is 3.07. The van der Waals surface area contributed by atoms with E-state index in [2.05, 4.69) is 10.0 Å². The number of ether oxygens (including phenoxy) is 1. The zero-order valence-corrected chi connectivity index (χ0v) is 16.5. The molecule has 0 aliphatic rings. The van der Waals surface area contributed by atoms with E-state index in [0.29, 0.717) is 15.8 Å². The molecule has 2 aromatic carbocycles. The number of amides is 1. The molecule has 2 aromatic rings. The Bertz CT molecular complexity index is 864. The number of hydrogen-bond acceptors (Lipinski definition) is 4. The van der Waals surface area contributed by atoms with Crippen molar-refractivity contribution in [1.29, 1.82) is 0 Å². The van der Waals surface area contributed by atoms with Gasteiger partial charge in [-0.15, -0.1) is 0 Å². The van der Waals surface area contributed by atoms with Crippen LogP contribution < -0.4 is 14.8 Å². The lowest BCUT2D eigenvalue weighted by molar-refractivity contribution is -0.123. The fraction of sp³-hybridized carbons (Fsp3) is 0.235. The second-order valence-electron chi connectivity index (χ2n) is 5.75. The summed E-state index contributed by atoms with van der Waals surface area (Å²) < 4.78 is 32.6. The molecule has 0 fully saturated rings. The highest BCUT2D eigenvalue weighted by Gasteiger charge is 2.15.